The number of carboxylic acids is 1. The molecule has 1 aromatic carbocycles. The SMILES string of the molecule is C[C@@H](C(=O)[O-])c1cn(C)c2ccccc12.[Na+]. The van der Waals surface area contributed by atoms with Crippen LogP contribution < -0.4 is 34.7 Å². The molecule has 0 amide bonds. The third-order valence-electron chi connectivity index (χ3n) is 2.75. The van der Waals surface area contributed by atoms with Crippen molar-refractivity contribution in [3.63, 3.8) is 0 Å². The molecule has 78 valence electrons. The van der Waals surface area contributed by atoms with E-state index in [1.807, 2.05) is 42.1 Å². The quantitative estimate of drug-likeness (QED) is 0.557. The topological polar surface area (TPSA) is 45.1 Å². The first kappa shape index (κ1) is 13.3. The van der Waals surface area contributed by atoms with Crippen molar-refractivity contribution in [2.24, 2.45) is 7.05 Å². The van der Waals surface area contributed by atoms with Gasteiger partial charge in [-0.2, -0.15) is 0 Å². The number of aryl methyl sites for hydroxylation is 1. The van der Waals surface area contributed by atoms with E-state index in [-0.39, 0.29) is 29.6 Å². The fourth-order valence-corrected chi connectivity index (χ4v) is 1.85. The maximum atomic E-state index is 10.8. The number of hydrogen-bond donors (Lipinski definition) is 0. The van der Waals surface area contributed by atoms with Gasteiger partial charge in [0.15, 0.2) is 0 Å². The Morgan fingerprint density at radius 3 is 2.62 bits per heavy atom. The van der Waals surface area contributed by atoms with Gasteiger partial charge < -0.3 is 14.5 Å². The maximum Gasteiger partial charge on any atom is 1.00 e. The summed E-state index contributed by atoms with van der Waals surface area (Å²) in [4.78, 5) is 10.8. The number of nitrogens with zero attached hydrogens (tertiary/aromatic N) is 1. The van der Waals surface area contributed by atoms with Crippen molar-refractivity contribution < 1.29 is 39.5 Å². The number of rotatable bonds is 2. The van der Waals surface area contributed by atoms with Crippen LogP contribution in [0, 0.1) is 0 Å². The third-order valence-corrected chi connectivity index (χ3v) is 2.75. The van der Waals surface area contributed by atoms with Gasteiger partial charge in [0.05, 0.1) is 0 Å². The van der Waals surface area contributed by atoms with Gasteiger partial charge in [0.25, 0.3) is 0 Å². The third kappa shape index (κ3) is 2.17. The number of carbonyl (C=O) groups is 1. The van der Waals surface area contributed by atoms with Crippen molar-refractivity contribution in [3.05, 3.63) is 36.0 Å². The second-order valence-electron chi connectivity index (χ2n) is 3.75. The number of para-hydroxylation sites is 1. The van der Waals surface area contributed by atoms with E-state index >= 15 is 0 Å². The van der Waals surface area contributed by atoms with Gasteiger partial charge in [-0.3, -0.25) is 0 Å². The van der Waals surface area contributed by atoms with E-state index in [4.69, 9.17) is 0 Å². The summed E-state index contributed by atoms with van der Waals surface area (Å²) >= 11 is 0. The van der Waals surface area contributed by atoms with Gasteiger partial charge in [-0.25, -0.2) is 0 Å². The molecule has 0 radical (unpaired) electrons. The molecule has 0 aliphatic heterocycles. The fourth-order valence-electron chi connectivity index (χ4n) is 1.85. The zero-order chi connectivity index (χ0) is 11.0. The average Bonchev–Trinajstić information content (AvgIpc) is 2.56. The number of benzene rings is 1. The maximum absolute atomic E-state index is 10.8. The van der Waals surface area contributed by atoms with E-state index in [1.54, 1.807) is 6.92 Å². The Morgan fingerprint density at radius 1 is 1.38 bits per heavy atom. The number of aromatic nitrogens is 1. The number of aliphatic carboxylic acids is 1. The molecular formula is C12H12NNaO2. The molecule has 0 spiro atoms. The van der Waals surface area contributed by atoms with Gasteiger partial charge in [-0.15, -0.1) is 0 Å². The summed E-state index contributed by atoms with van der Waals surface area (Å²) in [6, 6.07) is 7.76. The van der Waals surface area contributed by atoms with Gasteiger partial charge in [0.2, 0.25) is 0 Å². The summed E-state index contributed by atoms with van der Waals surface area (Å²) in [5.41, 5.74) is 1.86. The van der Waals surface area contributed by atoms with Crippen molar-refractivity contribution in [1.29, 1.82) is 0 Å². The smallest absolute Gasteiger partial charge is 0.550 e. The van der Waals surface area contributed by atoms with Crippen molar-refractivity contribution in [2.75, 3.05) is 0 Å². The van der Waals surface area contributed by atoms with Crippen LogP contribution in [0.1, 0.15) is 18.4 Å². The van der Waals surface area contributed by atoms with Crippen molar-refractivity contribution in [3.8, 4) is 0 Å². The molecular weight excluding hydrogens is 213 g/mol. The summed E-state index contributed by atoms with van der Waals surface area (Å²) in [7, 11) is 1.91. The standard InChI is InChI=1S/C12H13NO2.Na/c1-8(12(14)15)10-7-13(2)11-6-4-3-5-9(10)11;/h3-8H,1-2H3,(H,14,15);/q;+1/p-1/t8-;/m1./s1. The van der Waals surface area contributed by atoms with Gasteiger partial charge in [0.1, 0.15) is 0 Å². The largest absolute Gasteiger partial charge is 1.00 e. The molecule has 2 aromatic rings. The van der Waals surface area contributed by atoms with E-state index in [9.17, 15) is 9.90 Å². The zero-order valence-electron chi connectivity index (χ0n) is 9.73. The summed E-state index contributed by atoms with van der Waals surface area (Å²) in [6.45, 7) is 1.65. The van der Waals surface area contributed by atoms with Crippen LogP contribution in [0.15, 0.2) is 30.5 Å². The molecule has 0 N–H and O–H groups in total. The minimum atomic E-state index is -1.04. The summed E-state index contributed by atoms with van der Waals surface area (Å²) < 4.78 is 1.93. The minimum Gasteiger partial charge on any atom is -0.550 e. The molecule has 0 bridgehead atoms. The first-order valence-corrected chi connectivity index (χ1v) is 4.86. The average molecular weight is 225 g/mol. The molecule has 3 nitrogen and oxygen atoms in total. The Balaban J connectivity index is 0.00000128. The van der Waals surface area contributed by atoms with Crippen LogP contribution in [0.25, 0.3) is 10.9 Å². The minimum absolute atomic E-state index is 0. The fraction of sp³-hybridized carbons (Fsp3) is 0.250. The predicted octanol–water partition coefficient (Wildman–Crippen LogP) is -1.96. The van der Waals surface area contributed by atoms with Crippen LogP contribution in [0.2, 0.25) is 0 Å². The van der Waals surface area contributed by atoms with Crippen LogP contribution in [0.4, 0.5) is 0 Å². The molecule has 1 aromatic heterocycles. The molecule has 0 aliphatic rings. The first-order chi connectivity index (χ1) is 7.11. The second kappa shape index (κ2) is 5.04. The Kier molecular flexibility index (Phi) is 4.19. The summed E-state index contributed by atoms with van der Waals surface area (Å²) in [5.74, 6) is -1.61. The van der Waals surface area contributed by atoms with Crippen molar-refractivity contribution >= 4 is 16.9 Å². The predicted molar refractivity (Wildman–Crippen MR) is 56.3 cm³/mol. The molecule has 2 rings (SSSR count). The Hall–Kier alpha value is -0.770. The van der Waals surface area contributed by atoms with Crippen LogP contribution in [-0.4, -0.2) is 10.5 Å². The van der Waals surface area contributed by atoms with E-state index < -0.39 is 11.9 Å². The number of carbonyl (C=O) groups excluding carboxylic acids is 1. The number of hydrogen-bond acceptors (Lipinski definition) is 2. The van der Waals surface area contributed by atoms with E-state index in [0.717, 1.165) is 16.5 Å². The summed E-state index contributed by atoms with van der Waals surface area (Å²) in [6.07, 6.45) is 1.85. The van der Waals surface area contributed by atoms with Crippen molar-refractivity contribution in [1.82, 2.24) is 4.57 Å². The molecule has 4 heteroatoms. The second-order valence-corrected chi connectivity index (χ2v) is 3.75. The Morgan fingerprint density at radius 2 is 2.00 bits per heavy atom. The zero-order valence-corrected chi connectivity index (χ0v) is 11.7. The van der Waals surface area contributed by atoms with Crippen LogP contribution >= 0.6 is 0 Å². The normalized spacial score (nSPS) is 12.1. The molecule has 0 fully saturated rings. The van der Waals surface area contributed by atoms with Gasteiger partial charge in [-0.1, -0.05) is 25.1 Å². The Bertz CT molecular complexity index is 519. The molecule has 0 saturated heterocycles. The van der Waals surface area contributed by atoms with Crippen LogP contribution in [0.5, 0.6) is 0 Å². The molecule has 1 atom stereocenters. The van der Waals surface area contributed by atoms with Crippen LogP contribution in [0.3, 0.4) is 0 Å². The molecule has 0 unspecified atom stereocenters. The van der Waals surface area contributed by atoms with E-state index in [1.165, 1.54) is 0 Å². The van der Waals surface area contributed by atoms with E-state index in [2.05, 4.69) is 0 Å². The van der Waals surface area contributed by atoms with Gasteiger partial charge in [-0.05, 0) is 11.6 Å². The first-order valence-electron chi connectivity index (χ1n) is 4.86. The number of fused-ring (bicyclic) bond motifs is 1. The van der Waals surface area contributed by atoms with Gasteiger partial charge in [0, 0.05) is 36.0 Å². The molecule has 0 aliphatic carbocycles. The monoisotopic (exact) mass is 225 g/mol. The molecule has 16 heavy (non-hydrogen) atoms. The summed E-state index contributed by atoms with van der Waals surface area (Å²) in [5, 5.41) is 11.8. The molecule has 0 saturated carbocycles. The van der Waals surface area contributed by atoms with E-state index in [0.29, 0.717) is 0 Å². The van der Waals surface area contributed by atoms with Gasteiger partial charge >= 0.3 is 29.6 Å². The van der Waals surface area contributed by atoms with Crippen molar-refractivity contribution in [2.45, 2.75) is 12.8 Å². The molecule has 1 heterocycles. The number of carboxylic acid groups (broad SMARTS) is 1. The Labute approximate surface area is 116 Å². The van der Waals surface area contributed by atoms with Crippen LogP contribution in [-0.2, 0) is 11.8 Å².